The van der Waals surface area contributed by atoms with Crippen LogP contribution in [0.15, 0.2) is 18.2 Å². The molecule has 0 heterocycles. The van der Waals surface area contributed by atoms with Gasteiger partial charge in [0, 0.05) is 30.6 Å². The molecular weight excluding hydrogens is 360 g/mol. The summed E-state index contributed by atoms with van der Waals surface area (Å²) in [5.41, 5.74) is 0.283. The smallest absolute Gasteiger partial charge is 0.223 e. The largest absolute Gasteiger partial charge is 0.508 e. The molecule has 28 heavy (non-hydrogen) atoms. The molecule has 1 aliphatic carbocycles. The SMILES string of the molecule is CC(C)(CNC(=O)C1CCCCC1)NCC(O)COCc1cc(O)cc(O)c1. The van der Waals surface area contributed by atoms with Crippen LogP contribution in [0.3, 0.4) is 0 Å². The summed E-state index contributed by atoms with van der Waals surface area (Å²) in [4.78, 5) is 12.3. The maximum absolute atomic E-state index is 12.3. The summed E-state index contributed by atoms with van der Waals surface area (Å²) < 4.78 is 5.45. The third kappa shape index (κ3) is 8.04. The van der Waals surface area contributed by atoms with E-state index in [0.29, 0.717) is 18.7 Å². The molecule has 1 atom stereocenters. The lowest BCUT2D eigenvalue weighted by atomic mass is 9.88. The monoisotopic (exact) mass is 394 g/mol. The van der Waals surface area contributed by atoms with Gasteiger partial charge in [-0.3, -0.25) is 4.79 Å². The summed E-state index contributed by atoms with van der Waals surface area (Å²) in [5.74, 6) is 0.212. The number of carbonyl (C=O) groups is 1. The highest BCUT2D eigenvalue weighted by molar-refractivity contribution is 5.78. The second-order valence-electron chi connectivity index (χ2n) is 8.34. The summed E-state index contributed by atoms with van der Waals surface area (Å²) in [5, 5.41) is 35.3. The second-order valence-corrected chi connectivity index (χ2v) is 8.34. The fourth-order valence-corrected chi connectivity index (χ4v) is 3.39. The molecule has 0 bridgehead atoms. The predicted molar refractivity (Wildman–Crippen MR) is 107 cm³/mol. The molecule has 1 aromatic carbocycles. The van der Waals surface area contributed by atoms with E-state index < -0.39 is 6.10 Å². The van der Waals surface area contributed by atoms with Crippen molar-refractivity contribution < 1.29 is 24.9 Å². The number of nitrogens with one attached hydrogen (secondary N) is 2. The van der Waals surface area contributed by atoms with Crippen molar-refractivity contribution in [3.05, 3.63) is 23.8 Å². The Balaban J connectivity index is 1.64. The molecule has 7 nitrogen and oxygen atoms in total. The molecule has 0 aliphatic heterocycles. The molecule has 2 rings (SSSR count). The Morgan fingerprint density at radius 1 is 1.18 bits per heavy atom. The van der Waals surface area contributed by atoms with Crippen molar-refractivity contribution in [3.8, 4) is 11.5 Å². The van der Waals surface area contributed by atoms with Crippen molar-refractivity contribution >= 4 is 5.91 Å². The van der Waals surface area contributed by atoms with E-state index in [-0.39, 0.29) is 42.1 Å². The normalized spacial score (nSPS) is 16.7. The molecule has 5 N–H and O–H groups in total. The lowest BCUT2D eigenvalue weighted by molar-refractivity contribution is -0.126. The Hall–Kier alpha value is -1.83. The van der Waals surface area contributed by atoms with Gasteiger partial charge in [-0.25, -0.2) is 0 Å². The van der Waals surface area contributed by atoms with Crippen molar-refractivity contribution in [2.45, 2.75) is 64.2 Å². The van der Waals surface area contributed by atoms with E-state index >= 15 is 0 Å². The number of amides is 1. The zero-order valence-electron chi connectivity index (χ0n) is 16.9. The van der Waals surface area contributed by atoms with E-state index in [9.17, 15) is 20.1 Å². The molecule has 0 aromatic heterocycles. The van der Waals surface area contributed by atoms with Gasteiger partial charge in [-0.2, -0.15) is 0 Å². The highest BCUT2D eigenvalue weighted by atomic mass is 16.5. The highest BCUT2D eigenvalue weighted by Crippen LogP contribution is 2.23. The standard InChI is InChI=1S/C21H34N2O5/c1-21(2,14-22-20(27)16-6-4-3-5-7-16)23-11-19(26)13-28-12-15-8-17(24)10-18(25)9-15/h8-10,16,19,23-26H,3-7,11-14H2,1-2H3,(H,22,27). The highest BCUT2D eigenvalue weighted by Gasteiger charge is 2.24. The Morgan fingerprint density at radius 3 is 2.46 bits per heavy atom. The van der Waals surface area contributed by atoms with Gasteiger partial charge >= 0.3 is 0 Å². The first-order chi connectivity index (χ1) is 13.2. The van der Waals surface area contributed by atoms with Crippen LogP contribution < -0.4 is 10.6 Å². The molecule has 1 unspecified atom stereocenters. The molecule has 1 amide bonds. The Labute approximate surface area is 167 Å². The number of hydrogen-bond acceptors (Lipinski definition) is 6. The summed E-state index contributed by atoms with van der Waals surface area (Å²) in [6.45, 7) is 5.10. The van der Waals surface area contributed by atoms with Crippen molar-refractivity contribution in [1.29, 1.82) is 0 Å². The minimum absolute atomic E-state index is 0.0298. The zero-order chi connectivity index (χ0) is 20.6. The number of benzene rings is 1. The van der Waals surface area contributed by atoms with Gasteiger partial charge in [-0.05, 0) is 44.4 Å². The van der Waals surface area contributed by atoms with Crippen LogP contribution in [0, 0.1) is 5.92 Å². The number of hydrogen-bond donors (Lipinski definition) is 5. The fraction of sp³-hybridized carbons (Fsp3) is 0.667. The summed E-state index contributed by atoms with van der Waals surface area (Å²) in [6.07, 6.45) is 4.74. The van der Waals surface area contributed by atoms with E-state index in [4.69, 9.17) is 4.74 Å². The number of phenols is 2. The Bertz CT molecular complexity index is 609. The van der Waals surface area contributed by atoms with Crippen LogP contribution in [0.2, 0.25) is 0 Å². The van der Waals surface area contributed by atoms with Crippen LogP contribution >= 0.6 is 0 Å². The molecule has 158 valence electrons. The summed E-state index contributed by atoms with van der Waals surface area (Å²) in [7, 11) is 0. The minimum Gasteiger partial charge on any atom is -0.508 e. The van der Waals surface area contributed by atoms with Crippen molar-refractivity contribution in [2.24, 2.45) is 5.92 Å². The van der Waals surface area contributed by atoms with Crippen LogP contribution in [0.5, 0.6) is 11.5 Å². The van der Waals surface area contributed by atoms with Crippen LogP contribution in [0.1, 0.15) is 51.5 Å². The first kappa shape index (κ1) is 22.5. The van der Waals surface area contributed by atoms with E-state index in [1.54, 1.807) is 0 Å². The number of aliphatic hydroxyl groups excluding tert-OH is 1. The topological polar surface area (TPSA) is 111 Å². The second kappa shape index (κ2) is 10.6. The van der Waals surface area contributed by atoms with Gasteiger partial charge in [-0.15, -0.1) is 0 Å². The van der Waals surface area contributed by atoms with Gasteiger partial charge < -0.3 is 30.7 Å². The van der Waals surface area contributed by atoms with Crippen molar-refractivity contribution in [2.75, 3.05) is 19.7 Å². The fourth-order valence-electron chi connectivity index (χ4n) is 3.39. The third-order valence-electron chi connectivity index (χ3n) is 5.04. The van der Waals surface area contributed by atoms with E-state index in [2.05, 4.69) is 10.6 Å². The number of carbonyl (C=O) groups excluding carboxylic acids is 1. The maximum atomic E-state index is 12.3. The maximum Gasteiger partial charge on any atom is 0.223 e. The quantitative estimate of drug-likeness (QED) is 0.415. The van der Waals surface area contributed by atoms with Crippen molar-refractivity contribution in [3.63, 3.8) is 0 Å². The molecule has 7 heteroatoms. The Morgan fingerprint density at radius 2 is 1.82 bits per heavy atom. The van der Waals surface area contributed by atoms with E-state index in [0.717, 1.165) is 25.7 Å². The van der Waals surface area contributed by atoms with Crippen LogP contribution in [-0.2, 0) is 16.1 Å². The Kier molecular flexibility index (Phi) is 8.54. The number of aliphatic hydroxyl groups is 1. The average molecular weight is 395 g/mol. The predicted octanol–water partition coefficient (Wildman–Crippen LogP) is 2.04. The number of β-amino-alcohol motifs (C(OH)–C–C–N with tert-alkyl or cyclic N) is 1. The molecule has 1 aromatic rings. The molecule has 0 spiro atoms. The number of aromatic hydroxyl groups is 2. The van der Waals surface area contributed by atoms with Crippen molar-refractivity contribution in [1.82, 2.24) is 10.6 Å². The molecule has 0 radical (unpaired) electrons. The summed E-state index contributed by atoms with van der Waals surface area (Å²) >= 11 is 0. The molecule has 1 aliphatic rings. The molecule has 0 saturated heterocycles. The third-order valence-corrected chi connectivity index (χ3v) is 5.04. The molecule has 1 fully saturated rings. The minimum atomic E-state index is -0.709. The van der Waals surface area contributed by atoms with Gasteiger partial charge in [-0.1, -0.05) is 19.3 Å². The number of phenolic OH excluding ortho intramolecular Hbond substituents is 2. The molecular formula is C21H34N2O5. The van der Waals surface area contributed by atoms with Crippen LogP contribution in [-0.4, -0.2) is 52.6 Å². The van der Waals surface area contributed by atoms with Gasteiger partial charge in [0.05, 0.1) is 19.3 Å². The first-order valence-corrected chi connectivity index (χ1v) is 10.1. The average Bonchev–Trinajstić information content (AvgIpc) is 2.65. The van der Waals surface area contributed by atoms with Gasteiger partial charge in [0.25, 0.3) is 0 Å². The zero-order valence-corrected chi connectivity index (χ0v) is 16.9. The lowest BCUT2D eigenvalue weighted by Crippen LogP contribution is -2.52. The van der Waals surface area contributed by atoms with E-state index in [1.807, 2.05) is 13.8 Å². The molecule has 1 saturated carbocycles. The van der Waals surface area contributed by atoms with Gasteiger partial charge in [0.2, 0.25) is 5.91 Å². The van der Waals surface area contributed by atoms with Gasteiger partial charge in [0.15, 0.2) is 0 Å². The van der Waals surface area contributed by atoms with Gasteiger partial charge in [0.1, 0.15) is 11.5 Å². The van der Waals surface area contributed by atoms with Crippen LogP contribution in [0.4, 0.5) is 0 Å². The first-order valence-electron chi connectivity index (χ1n) is 10.1. The van der Waals surface area contributed by atoms with Crippen LogP contribution in [0.25, 0.3) is 0 Å². The lowest BCUT2D eigenvalue weighted by Gasteiger charge is -2.29. The number of ether oxygens (including phenoxy) is 1. The number of rotatable bonds is 10. The van der Waals surface area contributed by atoms with E-state index in [1.165, 1.54) is 24.6 Å². The summed E-state index contributed by atoms with van der Waals surface area (Å²) in [6, 6.07) is 4.25.